The molecule has 3 aromatic rings. The predicted octanol–water partition coefficient (Wildman–Crippen LogP) is 2.11. The molecular formula is C22H20N2O6S. The van der Waals surface area contributed by atoms with E-state index in [-0.39, 0.29) is 23.5 Å². The van der Waals surface area contributed by atoms with Crippen molar-refractivity contribution in [2.75, 3.05) is 13.7 Å². The van der Waals surface area contributed by atoms with Crippen molar-refractivity contribution >= 4 is 23.4 Å². The number of methoxy groups -OCH3 is 1. The van der Waals surface area contributed by atoms with Crippen molar-refractivity contribution < 1.29 is 23.8 Å². The Morgan fingerprint density at radius 3 is 2.87 bits per heavy atom. The number of phenolic OH excluding ortho intramolecular Hbond substituents is 1. The minimum Gasteiger partial charge on any atom is -0.504 e. The SMILES string of the molecule is CCOC(=O)C1=C(C)N=c2sc(=Cc3ccc(O)c(OC)c3)c(=O)n2C1c1ccco1. The van der Waals surface area contributed by atoms with Crippen LogP contribution in [0.5, 0.6) is 11.5 Å². The molecule has 1 N–H and O–H groups in total. The van der Waals surface area contributed by atoms with Crippen molar-refractivity contribution in [3.63, 3.8) is 0 Å². The van der Waals surface area contributed by atoms with Crippen LogP contribution in [0.2, 0.25) is 0 Å². The number of nitrogens with zero attached hydrogens (tertiary/aromatic N) is 2. The molecule has 2 aromatic heterocycles. The molecule has 0 saturated heterocycles. The molecule has 0 bridgehead atoms. The smallest absolute Gasteiger partial charge is 0.338 e. The average Bonchev–Trinajstić information content (AvgIpc) is 3.37. The molecule has 3 heterocycles. The number of furan rings is 1. The molecule has 8 nitrogen and oxygen atoms in total. The number of carbonyl (C=O) groups is 1. The van der Waals surface area contributed by atoms with E-state index >= 15 is 0 Å². The molecule has 31 heavy (non-hydrogen) atoms. The first-order valence-electron chi connectivity index (χ1n) is 9.54. The number of allylic oxidation sites excluding steroid dienone is 1. The summed E-state index contributed by atoms with van der Waals surface area (Å²) in [7, 11) is 1.45. The number of esters is 1. The van der Waals surface area contributed by atoms with E-state index in [1.54, 1.807) is 44.2 Å². The van der Waals surface area contributed by atoms with E-state index in [2.05, 4.69) is 4.99 Å². The highest BCUT2D eigenvalue weighted by Crippen LogP contribution is 2.31. The maximum atomic E-state index is 13.4. The molecule has 1 aliphatic heterocycles. The maximum absolute atomic E-state index is 13.4. The minimum atomic E-state index is -0.776. The van der Waals surface area contributed by atoms with Crippen molar-refractivity contribution in [1.82, 2.24) is 4.57 Å². The largest absolute Gasteiger partial charge is 0.504 e. The molecule has 0 spiro atoms. The van der Waals surface area contributed by atoms with E-state index in [9.17, 15) is 14.7 Å². The van der Waals surface area contributed by atoms with E-state index < -0.39 is 12.0 Å². The highest BCUT2D eigenvalue weighted by molar-refractivity contribution is 7.07. The van der Waals surface area contributed by atoms with Gasteiger partial charge in [0, 0.05) is 0 Å². The van der Waals surface area contributed by atoms with Gasteiger partial charge in [-0.05, 0) is 49.8 Å². The van der Waals surface area contributed by atoms with E-state index in [4.69, 9.17) is 13.9 Å². The van der Waals surface area contributed by atoms with Crippen molar-refractivity contribution in [3.8, 4) is 11.5 Å². The Morgan fingerprint density at radius 1 is 1.39 bits per heavy atom. The highest BCUT2D eigenvalue weighted by Gasteiger charge is 2.34. The molecule has 0 saturated carbocycles. The molecule has 4 rings (SSSR count). The normalized spacial score (nSPS) is 16.1. The van der Waals surface area contributed by atoms with Crippen LogP contribution >= 0.6 is 11.3 Å². The lowest BCUT2D eigenvalue weighted by Gasteiger charge is -2.22. The Balaban J connectivity index is 1.92. The zero-order chi connectivity index (χ0) is 22.1. The van der Waals surface area contributed by atoms with Gasteiger partial charge in [0.15, 0.2) is 16.3 Å². The van der Waals surface area contributed by atoms with E-state index in [0.717, 1.165) is 0 Å². The van der Waals surface area contributed by atoms with Crippen LogP contribution in [0.3, 0.4) is 0 Å². The fourth-order valence-electron chi connectivity index (χ4n) is 3.44. The number of aromatic nitrogens is 1. The average molecular weight is 440 g/mol. The second kappa shape index (κ2) is 8.27. The van der Waals surface area contributed by atoms with Gasteiger partial charge in [0.05, 0.1) is 35.8 Å². The number of benzene rings is 1. The first kappa shape index (κ1) is 20.7. The van der Waals surface area contributed by atoms with Crippen LogP contribution in [0.1, 0.15) is 31.2 Å². The van der Waals surface area contributed by atoms with Crippen LogP contribution in [0.15, 0.2) is 62.1 Å². The number of phenols is 1. The van der Waals surface area contributed by atoms with Crippen molar-refractivity contribution in [2.45, 2.75) is 19.9 Å². The van der Waals surface area contributed by atoms with Crippen LogP contribution in [0.4, 0.5) is 0 Å². The van der Waals surface area contributed by atoms with Crippen LogP contribution in [-0.2, 0) is 9.53 Å². The molecule has 160 valence electrons. The molecule has 1 aromatic carbocycles. The van der Waals surface area contributed by atoms with Gasteiger partial charge in [-0.3, -0.25) is 9.36 Å². The Hall–Kier alpha value is -3.59. The Bertz CT molecular complexity index is 1350. The summed E-state index contributed by atoms with van der Waals surface area (Å²) in [6.07, 6.45) is 3.18. The van der Waals surface area contributed by atoms with Crippen molar-refractivity contribution in [1.29, 1.82) is 0 Å². The second-order valence-corrected chi connectivity index (χ2v) is 7.76. The number of hydrogen-bond acceptors (Lipinski definition) is 8. The standard InChI is InChI=1S/C22H20N2O6S/c1-4-29-21(27)18-12(2)23-22-24(19(18)15-6-5-9-30-15)20(26)17(31-22)11-13-7-8-14(25)16(10-13)28-3/h5-11,19,25H,4H2,1-3H3. The van der Waals surface area contributed by atoms with Gasteiger partial charge in [0.2, 0.25) is 0 Å². The summed E-state index contributed by atoms with van der Waals surface area (Å²) in [4.78, 5) is 31.0. The van der Waals surface area contributed by atoms with E-state index in [1.807, 2.05) is 0 Å². The fourth-order valence-corrected chi connectivity index (χ4v) is 4.49. The molecule has 0 amide bonds. The van der Waals surface area contributed by atoms with Crippen LogP contribution < -0.4 is 19.6 Å². The summed E-state index contributed by atoms with van der Waals surface area (Å²) in [6.45, 7) is 3.63. The lowest BCUT2D eigenvalue weighted by atomic mass is 10.0. The molecule has 1 aliphatic rings. The second-order valence-electron chi connectivity index (χ2n) is 6.75. The van der Waals surface area contributed by atoms with Gasteiger partial charge >= 0.3 is 5.97 Å². The Kier molecular flexibility index (Phi) is 5.51. The number of thiazole rings is 1. The van der Waals surface area contributed by atoms with Crippen molar-refractivity contribution in [3.05, 3.63) is 78.9 Å². The van der Waals surface area contributed by atoms with Gasteiger partial charge in [-0.15, -0.1) is 0 Å². The molecular weight excluding hydrogens is 420 g/mol. The zero-order valence-electron chi connectivity index (χ0n) is 17.1. The van der Waals surface area contributed by atoms with E-state index in [1.165, 1.54) is 35.3 Å². The summed E-state index contributed by atoms with van der Waals surface area (Å²) < 4.78 is 17.8. The molecule has 9 heteroatoms. The molecule has 0 radical (unpaired) electrons. The fraction of sp³-hybridized carbons (Fsp3) is 0.227. The number of fused-ring (bicyclic) bond motifs is 1. The monoisotopic (exact) mass is 440 g/mol. The summed E-state index contributed by atoms with van der Waals surface area (Å²) in [5.74, 6) is 0.211. The third-order valence-electron chi connectivity index (χ3n) is 4.83. The number of ether oxygens (including phenoxy) is 2. The van der Waals surface area contributed by atoms with Gasteiger partial charge < -0.3 is 19.0 Å². The summed E-state index contributed by atoms with van der Waals surface area (Å²) >= 11 is 1.20. The van der Waals surface area contributed by atoms with Gasteiger partial charge in [-0.1, -0.05) is 17.4 Å². The topological polar surface area (TPSA) is 103 Å². The van der Waals surface area contributed by atoms with E-state index in [0.29, 0.717) is 32.1 Å². The third kappa shape index (κ3) is 3.68. The lowest BCUT2D eigenvalue weighted by molar-refractivity contribution is -0.139. The summed E-state index contributed by atoms with van der Waals surface area (Å²) in [5, 5.41) is 9.81. The van der Waals surface area contributed by atoms with Gasteiger partial charge in [-0.2, -0.15) is 0 Å². The van der Waals surface area contributed by atoms with Gasteiger partial charge in [-0.25, -0.2) is 9.79 Å². The van der Waals surface area contributed by atoms with Crippen LogP contribution in [-0.4, -0.2) is 29.4 Å². The zero-order valence-corrected chi connectivity index (χ0v) is 17.9. The molecule has 1 atom stereocenters. The van der Waals surface area contributed by atoms with Crippen LogP contribution in [0.25, 0.3) is 6.08 Å². The lowest BCUT2D eigenvalue weighted by Crippen LogP contribution is -2.39. The molecule has 0 fully saturated rings. The predicted molar refractivity (Wildman–Crippen MR) is 114 cm³/mol. The number of carbonyl (C=O) groups excluding carboxylic acids is 1. The molecule has 0 aliphatic carbocycles. The summed E-state index contributed by atoms with van der Waals surface area (Å²) in [6, 6.07) is 7.44. The Morgan fingerprint density at radius 2 is 2.19 bits per heavy atom. The number of aromatic hydroxyl groups is 1. The van der Waals surface area contributed by atoms with Crippen molar-refractivity contribution in [2.24, 2.45) is 4.99 Å². The third-order valence-corrected chi connectivity index (χ3v) is 5.81. The van der Waals surface area contributed by atoms with Gasteiger partial charge in [0.1, 0.15) is 11.8 Å². The summed E-state index contributed by atoms with van der Waals surface area (Å²) in [5.41, 5.74) is 1.10. The molecule has 1 unspecified atom stereocenters. The highest BCUT2D eigenvalue weighted by atomic mass is 32.1. The maximum Gasteiger partial charge on any atom is 0.338 e. The van der Waals surface area contributed by atoms with Gasteiger partial charge in [0.25, 0.3) is 5.56 Å². The first-order valence-corrected chi connectivity index (χ1v) is 10.4. The Labute approximate surface area is 181 Å². The number of rotatable bonds is 5. The first-order chi connectivity index (χ1) is 14.9. The van der Waals surface area contributed by atoms with Crippen LogP contribution in [0, 0.1) is 0 Å². The quantitative estimate of drug-likeness (QED) is 0.610. The minimum absolute atomic E-state index is 0.00799. The number of hydrogen-bond donors (Lipinski definition) is 1.